The maximum Gasteiger partial charge on any atom is 0.255 e. The van der Waals surface area contributed by atoms with Crippen molar-refractivity contribution in [2.45, 2.75) is 26.7 Å². The highest BCUT2D eigenvalue weighted by molar-refractivity contribution is 6.05. The molecule has 0 bridgehead atoms. The van der Waals surface area contributed by atoms with Crippen LogP contribution in [0.25, 0.3) is 11.0 Å². The zero-order valence-corrected chi connectivity index (χ0v) is 21.4. The molecule has 0 aliphatic heterocycles. The molecule has 38 heavy (non-hydrogen) atoms. The molecule has 2 heterocycles. The van der Waals surface area contributed by atoms with Crippen molar-refractivity contribution in [3.8, 4) is 11.5 Å². The highest BCUT2D eigenvalue weighted by atomic mass is 16.5. The number of rotatable bonds is 7. The minimum Gasteiger partial charge on any atom is -0.455 e. The lowest BCUT2D eigenvalue weighted by atomic mass is 10.1. The van der Waals surface area contributed by atoms with Gasteiger partial charge in [0.15, 0.2) is 11.4 Å². The number of aromatic nitrogens is 3. The van der Waals surface area contributed by atoms with Crippen LogP contribution < -0.4 is 21.1 Å². The molecule has 5 aromatic rings. The highest BCUT2D eigenvalue weighted by Crippen LogP contribution is 2.34. The van der Waals surface area contributed by atoms with Crippen LogP contribution in [0, 0.1) is 6.92 Å². The van der Waals surface area contributed by atoms with Gasteiger partial charge in [-0.25, -0.2) is 15.0 Å². The Balaban J connectivity index is 1.51. The highest BCUT2D eigenvalue weighted by Gasteiger charge is 2.15. The van der Waals surface area contributed by atoms with Gasteiger partial charge in [0.05, 0.1) is 11.1 Å². The summed E-state index contributed by atoms with van der Waals surface area (Å²) in [4.78, 5) is 26.6. The van der Waals surface area contributed by atoms with Crippen LogP contribution in [0.2, 0.25) is 0 Å². The molecule has 0 aliphatic carbocycles. The van der Waals surface area contributed by atoms with Crippen LogP contribution in [-0.4, -0.2) is 20.9 Å². The van der Waals surface area contributed by atoms with E-state index in [0.29, 0.717) is 45.6 Å². The van der Waals surface area contributed by atoms with E-state index < -0.39 is 0 Å². The van der Waals surface area contributed by atoms with Crippen molar-refractivity contribution in [1.29, 1.82) is 0 Å². The number of fused-ring (bicyclic) bond motifs is 1. The number of hydrogen-bond acceptors (Lipinski definition) is 7. The summed E-state index contributed by atoms with van der Waals surface area (Å²) < 4.78 is 6.16. The Hall–Kier alpha value is -4.98. The lowest BCUT2D eigenvalue weighted by Gasteiger charge is -2.16. The Bertz CT molecular complexity index is 1600. The molecule has 3 aromatic carbocycles. The van der Waals surface area contributed by atoms with Gasteiger partial charge in [-0.15, -0.1) is 0 Å². The minimum atomic E-state index is -0.244. The molecule has 8 nitrogen and oxygen atoms in total. The number of benzene rings is 3. The van der Waals surface area contributed by atoms with Gasteiger partial charge >= 0.3 is 0 Å². The van der Waals surface area contributed by atoms with Gasteiger partial charge in [0, 0.05) is 22.6 Å². The van der Waals surface area contributed by atoms with Crippen molar-refractivity contribution in [3.63, 3.8) is 0 Å². The summed E-state index contributed by atoms with van der Waals surface area (Å²) in [6, 6.07) is 23.9. The molecular weight excluding hydrogens is 476 g/mol. The number of nitrogens with one attached hydrogen (secondary N) is 2. The molecular formula is C30H28N6O2. The maximum atomic E-state index is 13.1. The number of anilines is 4. The second-order valence-electron chi connectivity index (χ2n) is 9.31. The van der Waals surface area contributed by atoms with Crippen molar-refractivity contribution < 1.29 is 9.53 Å². The number of pyridine rings is 1. The monoisotopic (exact) mass is 504 g/mol. The minimum absolute atomic E-state index is 0.244. The number of nitrogens with two attached hydrogens (primary N) is 1. The second kappa shape index (κ2) is 10.6. The number of carbonyl (C=O) groups excluding carboxylic acids is 1. The molecule has 2 aromatic heterocycles. The van der Waals surface area contributed by atoms with Crippen LogP contribution in [0.5, 0.6) is 11.5 Å². The normalized spacial score (nSPS) is 10.9. The standard InChI is InChI=1S/C30H28N6O2/c1-18(2)25-14-13-24-28(35-25)32-17-33-29(24)36-26-16-20(30(37)34-22-9-4-19(3)5-10-22)6-15-27(26)38-23-11-7-21(31)8-12-23/h4-18H,31H2,1-3H3,(H,34,37)(H,32,33,35,36). The number of nitrogen functional groups attached to an aromatic ring is 1. The molecule has 1 amide bonds. The molecule has 4 N–H and O–H groups in total. The number of hydrogen-bond donors (Lipinski definition) is 3. The fourth-order valence-corrected chi connectivity index (χ4v) is 3.87. The van der Waals surface area contributed by atoms with E-state index in [9.17, 15) is 4.79 Å². The zero-order valence-electron chi connectivity index (χ0n) is 21.4. The summed E-state index contributed by atoms with van der Waals surface area (Å²) in [5.41, 5.74) is 10.8. The number of amides is 1. The van der Waals surface area contributed by atoms with Gasteiger partial charge in [-0.2, -0.15) is 0 Å². The van der Waals surface area contributed by atoms with Crippen molar-refractivity contribution >= 4 is 39.8 Å². The first kappa shape index (κ1) is 24.7. The average Bonchev–Trinajstić information content (AvgIpc) is 2.92. The van der Waals surface area contributed by atoms with E-state index in [-0.39, 0.29) is 11.8 Å². The lowest BCUT2D eigenvalue weighted by Crippen LogP contribution is -2.12. The van der Waals surface area contributed by atoms with E-state index in [0.717, 1.165) is 16.6 Å². The summed E-state index contributed by atoms with van der Waals surface area (Å²) in [6.45, 7) is 6.17. The Labute approximate surface area is 220 Å². The summed E-state index contributed by atoms with van der Waals surface area (Å²) in [7, 11) is 0. The van der Waals surface area contributed by atoms with E-state index >= 15 is 0 Å². The van der Waals surface area contributed by atoms with Gasteiger partial charge in [-0.05, 0) is 79.6 Å². The largest absolute Gasteiger partial charge is 0.455 e. The number of ether oxygens (including phenoxy) is 1. The maximum absolute atomic E-state index is 13.1. The predicted molar refractivity (Wildman–Crippen MR) is 151 cm³/mol. The number of nitrogens with zero attached hydrogens (tertiary/aromatic N) is 3. The number of carbonyl (C=O) groups is 1. The molecule has 0 fully saturated rings. The summed E-state index contributed by atoms with van der Waals surface area (Å²) in [6.07, 6.45) is 1.47. The zero-order chi connectivity index (χ0) is 26.6. The van der Waals surface area contributed by atoms with Crippen molar-refractivity contribution in [2.75, 3.05) is 16.4 Å². The van der Waals surface area contributed by atoms with Crippen LogP contribution in [0.3, 0.4) is 0 Å². The molecule has 0 spiro atoms. The van der Waals surface area contributed by atoms with E-state index in [1.807, 2.05) is 43.3 Å². The third kappa shape index (κ3) is 5.54. The Kier molecular flexibility index (Phi) is 6.86. The van der Waals surface area contributed by atoms with Crippen LogP contribution >= 0.6 is 0 Å². The Morgan fingerprint density at radius 1 is 0.921 bits per heavy atom. The number of aryl methyl sites for hydroxylation is 1. The van der Waals surface area contributed by atoms with Crippen LogP contribution in [0.15, 0.2) is 85.2 Å². The molecule has 5 rings (SSSR count). The molecule has 0 saturated carbocycles. The average molecular weight is 505 g/mol. The molecule has 0 unspecified atom stereocenters. The van der Waals surface area contributed by atoms with Crippen molar-refractivity contribution in [1.82, 2.24) is 15.0 Å². The van der Waals surface area contributed by atoms with Gasteiger partial charge in [0.2, 0.25) is 0 Å². The van der Waals surface area contributed by atoms with E-state index in [1.165, 1.54) is 6.33 Å². The second-order valence-corrected chi connectivity index (χ2v) is 9.31. The predicted octanol–water partition coefficient (Wildman–Crippen LogP) is 6.83. The van der Waals surface area contributed by atoms with Gasteiger partial charge in [-0.3, -0.25) is 4.79 Å². The van der Waals surface area contributed by atoms with Crippen LogP contribution in [0.4, 0.5) is 22.9 Å². The van der Waals surface area contributed by atoms with E-state index in [4.69, 9.17) is 10.5 Å². The smallest absolute Gasteiger partial charge is 0.255 e. The Morgan fingerprint density at radius 3 is 2.42 bits per heavy atom. The van der Waals surface area contributed by atoms with E-state index in [1.54, 1.807) is 42.5 Å². The first-order chi connectivity index (χ1) is 18.4. The third-order valence-electron chi connectivity index (χ3n) is 6.02. The summed E-state index contributed by atoms with van der Waals surface area (Å²) in [5.74, 6) is 1.70. The van der Waals surface area contributed by atoms with Crippen LogP contribution in [0.1, 0.15) is 41.4 Å². The summed E-state index contributed by atoms with van der Waals surface area (Å²) in [5, 5.41) is 7.04. The van der Waals surface area contributed by atoms with E-state index in [2.05, 4.69) is 39.4 Å². The summed E-state index contributed by atoms with van der Waals surface area (Å²) >= 11 is 0. The van der Waals surface area contributed by atoms with Gasteiger partial charge in [-0.1, -0.05) is 31.5 Å². The quantitative estimate of drug-likeness (QED) is 0.208. The lowest BCUT2D eigenvalue weighted by molar-refractivity contribution is 0.102. The van der Waals surface area contributed by atoms with Gasteiger partial charge < -0.3 is 21.1 Å². The van der Waals surface area contributed by atoms with Crippen molar-refractivity contribution in [3.05, 3.63) is 102 Å². The molecule has 0 atom stereocenters. The molecule has 0 saturated heterocycles. The first-order valence-electron chi connectivity index (χ1n) is 12.3. The van der Waals surface area contributed by atoms with Crippen molar-refractivity contribution in [2.24, 2.45) is 0 Å². The first-order valence-corrected chi connectivity index (χ1v) is 12.3. The molecule has 0 aliphatic rings. The molecule has 190 valence electrons. The topological polar surface area (TPSA) is 115 Å². The third-order valence-corrected chi connectivity index (χ3v) is 6.02. The molecule has 0 radical (unpaired) electrons. The fourth-order valence-electron chi connectivity index (χ4n) is 3.87. The molecule has 8 heteroatoms. The SMILES string of the molecule is Cc1ccc(NC(=O)c2ccc(Oc3ccc(N)cc3)c(Nc3ncnc4nc(C(C)C)ccc34)c2)cc1. The van der Waals surface area contributed by atoms with Gasteiger partial charge in [0.25, 0.3) is 5.91 Å². The fraction of sp³-hybridized carbons (Fsp3) is 0.133. The van der Waals surface area contributed by atoms with Gasteiger partial charge in [0.1, 0.15) is 17.9 Å². The van der Waals surface area contributed by atoms with Crippen LogP contribution in [-0.2, 0) is 0 Å². The Morgan fingerprint density at radius 2 is 1.68 bits per heavy atom.